The first-order valence-electron chi connectivity index (χ1n) is 9.93. The summed E-state index contributed by atoms with van der Waals surface area (Å²) in [5.41, 5.74) is 0.668. The molecule has 2 heterocycles. The van der Waals surface area contributed by atoms with Gasteiger partial charge in [-0.15, -0.1) is 24.0 Å². The second kappa shape index (κ2) is 11.3. The topological polar surface area (TPSA) is 69.8 Å². The number of piperazine rings is 1. The molecule has 0 unspecified atom stereocenters. The highest BCUT2D eigenvalue weighted by Gasteiger charge is 2.21. The summed E-state index contributed by atoms with van der Waals surface area (Å²) < 4.78 is 19.3. The molecule has 1 saturated heterocycles. The minimum Gasteiger partial charge on any atom is -0.366 e. The number of rotatable bonds is 6. The average molecular weight is 516 g/mol. The monoisotopic (exact) mass is 516 g/mol. The second-order valence-electron chi connectivity index (χ2n) is 7.11. The minimum absolute atomic E-state index is 0. The van der Waals surface area contributed by atoms with Gasteiger partial charge in [-0.25, -0.2) is 4.39 Å². The maximum Gasteiger partial charge on any atom is 0.228 e. The molecule has 0 aliphatic carbocycles. The minimum atomic E-state index is -0.170. The zero-order valence-electron chi connectivity index (χ0n) is 17.3. The van der Waals surface area contributed by atoms with E-state index in [0.717, 1.165) is 44.5 Å². The summed E-state index contributed by atoms with van der Waals surface area (Å²) in [6.07, 6.45) is 0.615. The molecule has 1 aromatic carbocycles. The van der Waals surface area contributed by atoms with Crippen LogP contribution in [-0.2, 0) is 6.42 Å². The van der Waals surface area contributed by atoms with Crippen LogP contribution in [0, 0.1) is 5.82 Å². The third-order valence-electron chi connectivity index (χ3n) is 4.69. The van der Waals surface area contributed by atoms with Gasteiger partial charge < -0.3 is 19.6 Å². The molecule has 1 N–H and O–H groups in total. The number of nitrogens with zero attached hydrogens (tertiary/aromatic N) is 5. The van der Waals surface area contributed by atoms with E-state index >= 15 is 0 Å². The molecule has 160 valence electrons. The van der Waals surface area contributed by atoms with Gasteiger partial charge in [0.1, 0.15) is 5.82 Å². The van der Waals surface area contributed by atoms with Crippen molar-refractivity contribution < 1.29 is 8.91 Å². The number of hydrogen-bond donors (Lipinski definition) is 1. The van der Waals surface area contributed by atoms with Gasteiger partial charge in [0.2, 0.25) is 5.89 Å². The molecule has 1 aliphatic rings. The highest BCUT2D eigenvalue weighted by atomic mass is 127. The molecular weight excluding hydrogens is 486 g/mol. The lowest BCUT2D eigenvalue weighted by atomic mass is 10.2. The van der Waals surface area contributed by atoms with Crippen LogP contribution in [0.3, 0.4) is 0 Å². The lowest BCUT2D eigenvalue weighted by molar-refractivity contribution is 0.366. The maximum atomic E-state index is 14.0. The van der Waals surface area contributed by atoms with Crippen LogP contribution >= 0.6 is 24.0 Å². The van der Waals surface area contributed by atoms with Crippen molar-refractivity contribution in [3.63, 3.8) is 0 Å². The number of aliphatic imine (C=N–C) groups is 1. The van der Waals surface area contributed by atoms with Crippen molar-refractivity contribution >= 4 is 35.6 Å². The smallest absolute Gasteiger partial charge is 0.228 e. The molecule has 0 radical (unpaired) electrons. The van der Waals surface area contributed by atoms with Gasteiger partial charge in [0.15, 0.2) is 11.8 Å². The van der Waals surface area contributed by atoms with Crippen LogP contribution in [0.2, 0.25) is 0 Å². The Labute approximate surface area is 188 Å². The van der Waals surface area contributed by atoms with Crippen LogP contribution < -0.4 is 10.2 Å². The van der Waals surface area contributed by atoms with E-state index < -0.39 is 0 Å². The summed E-state index contributed by atoms with van der Waals surface area (Å²) >= 11 is 0. The zero-order chi connectivity index (χ0) is 19.9. The average Bonchev–Trinajstić information content (AvgIpc) is 3.17. The first kappa shape index (κ1) is 23.4. The van der Waals surface area contributed by atoms with E-state index in [0.29, 0.717) is 24.5 Å². The van der Waals surface area contributed by atoms with Crippen LogP contribution in [0.5, 0.6) is 0 Å². The molecule has 0 amide bonds. The van der Waals surface area contributed by atoms with Crippen molar-refractivity contribution in [3.05, 3.63) is 41.8 Å². The normalized spacial score (nSPS) is 14.9. The van der Waals surface area contributed by atoms with E-state index in [4.69, 9.17) is 9.52 Å². The van der Waals surface area contributed by atoms with Gasteiger partial charge in [-0.2, -0.15) is 4.98 Å². The van der Waals surface area contributed by atoms with E-state index in [2.05, 4.69) is 32.2 Å². The van der Waals surface area contributed by atoms with Crippen LogP contribution in [-0.4, -0.2) is 60.3 Å². The van der Waals surface area contributed by atoms with Crippen molar-refractivity contribution in [2.75, 3.05) is 44.2 Å². The number of para-hydroxylation sites is 1. The third-order valence-corrected chi connectivity index (χ3v) is 4.69. The van der Waals surface area contributed by atoms with E-state index in [1.807, 2.05) is 26.0 Å². The molecule has 7 nitrogen and oxygen atoms in total. The Hall–Kier alpha value is -1.91. The number of aromatic nitrogens is 2. The fourth-order valence-corrected chi connectivity index (χ4v) is 3.15. The third kappa shape index (κ3) is 6.28. The molecule has 9 heteroatoms. The van der Waals surface area contributed by atoms with Gasteiger partial charge in [-0.05, 0) is 19.1 Å². The quantitative estimate of drug-likeness (QED) is 0.361. The Morgan fingerprint density at radius 3 is 2.59 bits per heavy atom. The predicted octanol–water partition coefficient (Wildman–Crippen LogP) is 3.28. The van der Waals surface area contributed by atoms with Crippen molar-refractivity contribution in [1.82, 2.24) is 20.4 Å². The van der Waals surface area contributed by atoms with Crippen molar-refractivity contribution in [2.45, 2.75) is 33.1 Å². The molecule has 1 fully saturated rings. The van der Waals surface area contributed by atoms with Gasteiger partial charge in [0.25, 0.3) is 0 Å². The fourth-order valence-electron chi connectivity index (χ4n) is 3.15. The lowest BCUT2D eigenvalue weighted by Gasteiger charge is -2.37. The number of halogens is 2. The van der Waals surface area contributed by atoms with Crippen molar-refractivity contribution in [1.29, 1.82) is 0 Å². The molecule has 0 bridgehead atoms. The molecule has 0 spiro atoms. The number of hydrogen-bond acceptors (Lipinski definition) is 5. The Balaban J connectivity index is 0.00000300. The summed E-state index contributed by atoms with van der Waals surface area (Å²) in [4.78, 5) is 13.4. The van der Waals surface area contributed by atoms with Crippen molar-refractivity contribution in [2.24, 2.45) is 4.99 Å². The van der Waals surface area contributed by atoms with Gasteiger partial charge in [0.05, 0.1) is 12.2 Å². The van der Waals surface area contributed by atoms with Crippen molar-refractivity contribution in [3.8, 4) is 0 Å². The molecule has 1 aliphatic heterocycles. The summed E-state index contributed by atoms with van der Waals surface area (Å²) in [5, 5.41) is 7.33. The van der Waals surface area contributed by atoms with Gasteiger partial charge in [-0.1, -0.05) is 31.1 Å². The Kier molecular flexibility index (Phi) is 9.12. The lowest BCUT2D eigenvalue weighted by Crippen LogP contribution is -2.52. The van der Waals surface area contributed by atoms with E-state index in [-0.39, 0.29) is 35.7 Å². The van der Waals surface area contributed by atoms with Crippen LogP contribution in [0.4, 0.5) is 10.1 Å². The number of benzene rings is 1. The number of nitrogens with one attached hydrogen (secondary N) is 1. The van der Waals surface area contributed by atoms with Gasteiger partial charge in [0, 0.05) is 45.1 Å². The maximum absolute atomic E-state index is 14.0. The SMILES string of the molecule is CCNC(=NCCc1nc(C(C)C)no1)N1CCN(c2ccccc2F)CC1.I. The van der Waals surface area contributed by atoms with E-state index in [1.54, 1.807) is 6.07 Å². The Bertz CT molecular complexity index is 789. The first-order chi connectivity index (χ1) is 13.6. The first-order valence-corrected chi connectivity index (χ1v) is 9.93. The second-order valence-corrected chi connectivity index (χ2v) is 7.11. The Morgan fingerprint density at radius 1 is 1.24 bits per heavy atom. The van der Waals surface area contributed by atoms with E-state index in [1.165, 1.54) is 6.07 Å². The predicted molar refractivity (Wildman–Crippen MR) is 124 cm³/mol. The molecule has 3 rings (SSSR count). The summed E-state index contributed by atoms with van der Waals surface area (Å²) in [6.45, 7) is 10.6. The number of guanidine groups is 1. The fraction of sp³-hybridized carbons (Fsp3) is 0.550. The zero-order valence-corrected chi connectivity index (χ0v) is 19.6. The molecule has 0 atom stereocenters. The molecular formula is C20H30FIN6O. The van der Waals surface area contributed by atoms with Crippen LogP contribution in [0.25, 0.3) is 0 Å². The van der Waals surface area contributed by atoms with Crippen LogP contribution in [0.1, 0.15) is 38.4 Å². The summed E-state index contributed by atoms with van der Waals surface area (Å²) in [6, 6.07) is 6.94. The van der Waals surface area contributed by atoms with Crippen LogP contribution in [0.15, 0.2) is 33.8 Å². The highest BCUT2D eigenvalue weighted by Crippen LogP contribution is 2.20. The molecule has 0 saturated carbocycles. The van der Waals surface area contributed by atoms with Gasteiger partial charge >= 0.3 is 0 Å². The summed E-state index contributed by atoms with van der Waals surface area (Å²) in [5.74, 6) is 2.31. The largest absolute Gasteiger partial charge is 0.366 e. The van der Waals surface area contributed by atoms with E-state index in [9.17, 15) is 4.39 Å². The Morgan fingerprint density at radius 2 is 1.97 bits per heavy atom. The standard InChI is InChI=1S/C20H29FN6O.HI/c1-4-22-20(23-10-9-18-24-19(15(2)3)25-28-18)27-13-11-26(12-14-27)17-8-6-5-7-16(17)21;/h5-8,15H,4,9-14H2,1-3H3,(H,22,23);1H. The molecule has 2 aromatic rings. The molecule has 29 heavy (non-hydrogen) atoms. The summed E-state index contributed by atoms with van der Waals surface area (Å²) in [7, 11) is 0. The molecule has 1 aromatic heterocycles. The van der Waals surface area contributed by atoms with Gasteiger partial charge in [-0.3, -0.25) is 4.99 Å². The highest BCUT2D eigenvalue weighted by molar-refractivity contribution is 14.0. The number of anilines is 1.